The normalized spacial score (nSPS) is 14.9. The van der Waals surface area contributed by atoms with Crippen molar-refractivity contribution >= 4 is 21.6 Å². The maximum absolute atomic E-state index is 11.5. The Labute approximate surface area is 111 Å². The van der Waals surface area contributed by atoms with Crippen molar-refractivity contribution in [2.75, 3.05) is 24.3 Å². The van der Waals surface area contributed by atoms with E-state index in [4.69, 9.17) is 0 Å². The second kappa shape index (κ2) is 7.64. The first-order valence-corrected chi connectivity index (χ1v) is 9.38. The molecule has 1 atom stereocenters. The molecule has 5 heteroatoms. The molecule has 0 aliphatic rings. The molecule has 104 valence electrons. The van der Waals surface area contributed by atoms with Gasteiger partial charge in [-0.05, 0) is 26.0 Å². The first-order valence-electron chi connectivity index (χ1n) is 6.33. The maximum Gasteiger partial charge on any atom is 0.151 e. The van der Waals surface area contributed by atoms with Crippen LogP contribution in [0.5, 0.6) is 0 Å². The molecular formula is C12H27NO2S2. The average Bonchev–Trinajstić information content (AvgIpc) is 2.31. The molecule has 0 aromatic heterocycles. The van der Waals surface area contributed by atoms with E-state index in [0.717, 1.165) is 19.4 Å². The van der Waals surface area contributed by atoms with Gasteiger partial charge in [-0.2, -0.15) is 11.8 Å². The van der Waals surface area contributed by atoms with Crippen LogP contribution in [0.1, 0.15) is 40.5 Å². The number of thioether (sulfide) groups is 1. The smallest absolute Gasteiger partial charge is 0.151 e. The van der Waals surface area contributed by atoms with Crippen LogP contribution in [-0.2, 0) is 9.84 Å². The van der Waals surface area contributed by atoms with Gasteiger partial charge in [-0.3, -0.25) is 0 Å². The Morgan fingerprint density at radius 1 is 1.24 bits per heavy atom. The van der Waals surface area contributed by atoms with Gasteiger partial charge in [-0.15, -0.1) is 0 Å². The van der Waals surface area contributed by atoms with Crippen molar-refractivity contribution in [3.63, 3.8) is 0 Å². The minimum Gasteiger partial charge on any atom is -0.312 e. The molecule has 0 saturated heterocycles. The molecule has 0 aliphatic heterocycles. The zero-order valence-corrected chi connectivity index (χ0v) is 13.4. The van der Waals surface area contributed by atoms with Crippen molar-refractivity contribution in [3.05, 3.63) is 0 Å². The fourth-order valence-corrected chi connectivity index (χ4v) is 3.70. The Hall–Kier alpha value is 0.260. The summed E-state index contributed by atoms with van der Waals surface area (Å²) in [6.07, 6.45) is 4.33. The highest BCUT2D eigenvalue weighted by Gasteiger charge is 2.25. The van der Waals surface area contributed by atoms with Crippen LogP contribution in [-0.4, -0.2) is 43.5 Å². The second-order valence-electron chi connectivity index (χ2n) is 4.58. The third kappa shape index (κ3) is 6.11. The quantitative estimate of drug-likeness (QED) is 0.704. The monoisotopic (exact) mass is 281 g/mol. The molecule has 17 heavy (non-hydrogen) atoms. The second-order valence-corrected chi connectivity index (χ2v) is 8.25. The summed E-state index contributed by atoms with van der Waals surface area (Å²) in [5.74, 6) is 0.468. The Kier molecular flexibility index (Phi) is 7.76. The highest BCUT2D eigenvalue weighted by atomic mass is 32.2. The van der Waals surface area contributed by atoms with Crippen LogP contribution in [0.3, 0.4) is 0 Å². The molecule has 0 rings (SSSR count). The van der Waals surface area contributed by atoms with E-state index in [1.807, 2.05) is 18.7 Å². The topological polar surface area (TPSA) is 46.2 Å². The maximum atomic E-state index is 11.5. The lowest BCUT2D eigenvalue weighted by molar-refractivity contribution is 0.464. The molecule has 0 radical (unpaired) electrons. The number of hydrogen-bond donors (Lipinski definition) is 1. The molecule has 0 saturated carbocycles. The van der Waals surface area contributed by atoms with E-state index in [2.05, 4.69) is 25.4 Å². The zero-order chi connectivity index (χ0) is 13.5. The number of rotatable bonds is 9. The lowest BCUT2D eigenvalue weighted by Gasteiger charge is -2.31. The predicted molar refractivity (Wildman–Crippen MR) is 78.6 cm³/mol. The van der Waals surface area contributed by atoms with Crippen molar-refractivity contribution in [2.24, 2.45) is 0 Å². The fraction of sp³-hybridized carbons (Fsp3) is 1.00. The van der Waals surface area contributed by atoms with Crippen molar-refractivity contribution in [1.82, 2.24) is 5.32 Å². The third-order valence-electron chi connectivity index (χ3n) is 3.44. The van der Waals surface area contributed by atoms with Crippen LogP contribution < -0.4 is 5.32 Å². The highest BCUT2D eigenvalue weighted by molar-refractivity contribution is 8.00. The van der Waals surface area contributed by atoms with Gasteiger partial charge in [0, 0.05) is 23.1 Å². The van der Waals surface area contributed by atoms with E-state index in [0.29, 0.717) is 0 Å². The van der Waals surface area contributed by atoms with Crippen molar-refractivity contribution in [1.29, 1.82) is 0 Å². The van der Waals surface area contributed by atoms with Crippen molar-refractivity contribution in [3.8, 4) is 0 Å². The van der Waals surface area contributed by atoms with Gasteiger partial charge in [-0.1, -0.05) is 20.8 Å². The predicted octanol–water partition coefficient (Wildman–Crippen LogP) is 2.32. The fourth-order valence-electron chi connectivity index (χ4n) is 1.78. The van der Waals surface area contributed by atoms with Gasteiger partial charge < -0.3 is 5.32 Å². The summed E-state index contributed by atoms with van der Waals surface area (Å²) in [5, 5.41) is 3.37. The molecule has 3 nitrogen and oxygen atoms in total. The van der Waals surface area contributed by atoms with Crippen LogP contribution >= 0.6 is 11.8 Å². The molecule has 1 unspecified atom stereocenters. The SMILES string of the molecule is CCC(CC)(CNC(C)CS(=O)(=O)CC)SC. The number of hydrogen-bond acceptors (Lipinski definition) is 4. The summed E-state index contributed by atoms with van der Waals surface area (Å²) in [6.45, 7) is 8.90. The highest BCUT2D eigenvalue weighted by Crippen LogP contribution is 2.29. The molecule has 0 spiro atoms. The minimum absolute atomic E-state index is 0.0320. The van der Waals surface area contributed by atoms with E-state index in [1.165, 1.54) is 0 Å². The van der Waals surface area contributed by atoms with Crippen molar-refractivity contribution < 1.29 is 8.42 Å². The molecule has 0 aliphatic carbocycles. The Bertz CT molecular complexity index is 289. The lowest BCUT2D eigenvalue weighted by atomic mass is 10.0. The molecule has 0 aromatic rings. The van der Waals surface area contributed by atoms with E-state index < -0.39 is 9.84 Å². The van der Waals surface area contributed by atoms with E-state index >= 15 is 0 Å². The molecule has 0 amide bonds. The van der Waals surface area contributed by atoms with Gasteiger partial charge >= 0.3 is 0 Å². The Balaban J connectivity index is 4.27. The van der Waals surface area contributed by atoms with E-state index in [1.54, 1.807) is 6.92 Å². The van der Waals surface area contributed by atoms with E-state index in [-0.39, 0.29) is 22.3 Å². The van der Waals surface area contributed by atoms with Crippen LogP contribution in [0.2, 0.25) is 0 Å². The lowest BCUT2D eigenvalue weighted by Crippen LogP contribution is -2.43. The average molecular weight is 281 g/mol. The van der Waals surface area contributed by atoms with Gasteiger partial charge in [0.25, 0.3) is 0 Å². The summed E-state index contributed by atoms with van der Waals surface area (Å²) in [7, 11) is -2.88. The standard InChI is InChI=1S/C12H27NO2S2/c1-6-12(7-2,16-5)10-13-11(4)9-17(14,15)8-3/h11,13H,6-10H2,1-5H3. The van der Waals surface area contributed by atoms with Crippen LogP contribution in [0.25, 0.3) is 0 Å². The van der Waals surface area contributed by atoms with Gasteiger partial charge in [0.1, 0.15) is 0 Å². The third-order valence-corrected chi connectivity index (χ3v) is 6.91. The minimum atomic E-state index is -2.88. The summed E-state index contributed by atoms with van der Waals surface area (Å²) in [5.41, 5.74) is 0. The van der Waals surface area contributed by atoms with Gasteiger partial charge in [0.2, 0.25) is 0 Å². The molecule has 0 bridgehead atoms. The van der Waals surface area contributed by atoms with E-state index in [9.17, 15) is 8.42 Å². The number of sulfone groups is 1. The summed E-state index contributed by atoms with van der Waals surface area (Å²) < 4.78 is 23.2. The summed E-state index contributed by atoms with van der Waals surface area (Å²) in [4.78, 5) is 0. The first kappa shape index (κ1) is 17.3. The zero-order valence-electron chi connectivity index (χ0n) is 11.7. The van der Waals surface area contributed by atoms with Gasteiger partial charge in [0.15, 0.2) is 9.84 Å². The number of nitrogens with one attached hydrogen (secondary N) is 1. The molecule has 0 aromatic carbocycles. The largest absolute Gasteiger partial charge is 0.312 e. The Morgan fingerprint density at radius 3 is 2.12 bits per heavy atom. The van der Waals surface area contributed by atoms with Crippen molar-refractivity contribution in [2.45, 2.75) is 51.3 Å². The molecule has 1 N–H and O–H groups in total. The summed E-state index contributed by atoms with van der Waals surface area (Å²) in [6, 6.07) is 0.0320. The molecule has 0 heterocycles. The van der Waals surface area contributed by atoms with Crippen LogP contribution in [0.4, 0.5) is 0 Å². The van der Waals surface area contributed by atoms with Gasteiger partial charge in [0.05, 0.1) is 5.75 Å². The molecule has 0 fully saturated rings. The first-order chi connectivity index (χ1) is 7.84. The Morgan fingerprint density at radius 2 is 1.76 bits per heavy atom. The van der Waals surface area contributed by atoms with Gasteiger partial charge in [-0.25, -0.2) is 8.42 Å². The summed E-state index contributed by atoms with van der Waals surface area (Å²) >= 11 is 1.87. The van der Waals surface area contributed by atoms with Crippen LogP contribution in [0, 0.1) is 0 Å². The van der Waals surface area contributed by atoms with Crippen LogP contribution in [0.15, 0.2) is 0 Å². The molecular weight excluding hydrogens is 254 g/mol.